The van der Waals surface area contributed by atoms with Gasteiger partial charge in [-0.1, -0.05) is 38.0 Å². The molecular formula is C22H25FN2S. The Labute approximate surface area is 158 Å². The molecule has 136 valence electrons. The van der Waals surface area contributed by atoms with E-state index < -0.39 is 0 Å². The first kappa shape index (κ1) is 17.6. The SMILES string of the molecule is CCCSc1ccc2nc(C3CCCC3)n(Cc3ccccc3F)c2c1. The van der Waals surface area contributed by atoms with Gasteiger partial charge in [-0.25, -0.2) is 9.37 Å². The van der Waals surface area contributed by atoms with Crippen LogP contribution in [0.4, 0.5) is 4.39 Å². The van der Waals surface area contributed by atoms with Crippen LogP contribution in [0.1, 0.15) is 56.3 Å². The maximum Gasteiger partial charge on any atom is 0.128 e. The molecule has 0 spiro atoms. The summed E-state index contributed by atoms with van der Waals surface area (Å²) in [5.74, 6) is 2.62. The third-order valence-electron chi connectivity index (χ3n) is 5.23. The second-order valence-corrected chi connectivity index (χ2v) is 8.30. The van der Waals surface area contributed by atoms with E-state index in [0.29, 0.717) is 12.5 Å². The number of rotatable bonds is 6. The second-order valence-electron chi connectivity index (χ2n) is 7.13. The molecule has 4 rings (SSSR count). The fourth-order valence-electron chi connectivity index (χ4n) is 3.89. The van der Waals surface area contributed by atoms with Crippen molar-refractivity contribution in [2.45, 2.75) is 56.4 Å². The molecule has 1 saturated carbocycles. The third-order valence-corrected chi connectivity index (χ3v) is 6.43. The average molecular weight is 369 g/mol. The molecule has 0 aliphatic heterocycles. The molecule has 1 aromatic heterocycles. The highest BCUT2D eigenvalue weighted by Crippen LogP contribution is 2.36. The molecule has 0 N–H and O–H groups in total. The highest BCUT2D eigenvalue weighted by Gasteiger charge is 2.24. The van der Waals surface area contributed by atoms with Crippen molar-refractivity contribution in [3.63, 3.8) is 0 Å². The molecule has 0 saturated heterocycles. The Morgan fingerprint density at radius 1 is 1.15 bits per heavy atom. The predicted octanol–water partition coefficient (Wildman–Crippen LogP) is 6.38. The van der Waals surface area contributed by atoms with Crippen LogP contribution in [-0.4, -0.2) is 15.3 Å². The van der Waals surface area contributed by atoms with Crippen molar-refractivity contribution in [1.82, 2.24) is 9.55 Å². The van der Waals surface area contributed by atoms with Crippen molar-refractivity contribution >= 4 is 22.8 Å². The monoisotopic (exact) mass is 368 g/mol. The van der Waals surface area contributed by atoms with Gasteiger partial charge in [0.25, 0.3) is 0 Å². The van der Waals surface area contributed by atoms with Crippen LogP contribution in [0, 0.1) is 5.82 Å². The normalized spacial score (nSPS) is 15.2. The van der Waals surface area contributed by atoms with Crippen LogP contribution in [0.3, 0.4) is 0 Å². The molecule has 0 radical (unpaired) electrons. The number of aromatic nitrogens is 2. The van der Waals surface area contributed by atoms with Gasteiger partial charge < -0.3 is 4.57 Å². The lowest BCUT2D eigenvalue weighted by atomic mass is 10.1. The zero-order valence-electron chi connectivity index (χ0n) is 15.2. The minimum Gasteiger partial charge on any atom is -0.323 e. The second kappa shape index (κ2) is 7.83. The van der Waals surface area contributed by atoms with E-state index in [1.807, 2.05) is 23.9 Å². The maximum atomic E-state index is 14.3. The highest BCUT2D eigenvalue weighted by molar-refractivity contribution is 7.99. The molecule has 2 aromatic carbocycles. The Hall–Kier alpha value is -1.81. The Kier molecular flexibility index (Phi) is 5.30. The van der Waals surface area contributed by atoms with Crippen LogP contribution in [0.5, 0.6) is 0 Å². The molecule has 1 aliphatic rings. The highest BCUT2D eigenvalue weighted by atomic mass is 32.2. The van der Waals surface area contributed by atoms with Gasteiger partial charge in [0.2, 0.25) is 0 Å². The van der Waals surface area contributed by atoms with Gasteiger partial charge in [-0.15, -0.1) is 11.8 Å². The molecule has 1 aliphatic carbocycles. The summed E-state index contributed by atoms with van der Waals surface area (Å²) < 4.78 is 16.6. The van der Waals surface area contributed by atoms with Crippen LogP contribution >= 0.6 is 11.8 Å². The maximum absolute atomic E-state index is 14.3. The van der Waals surface area contributed by atoms with Crippen LogP contribution in [-0.2, 0) is 6.54 Å². The lowest BCUT2D eigenvalue weighted by molar-refractivity contribution is 0.580. The van der Waals surface area contributed by atoms with Gasteiger partial charge in [0.05, 0.1) is 17.6 Å². The summed E-state index contributed by atoms with van der Waals surface area (Å²) in [5, 5.41) is 0. The topological polar surface area (TPSA) is 17.8 Å². The van der Waals surface area contributed by atoms with E-state index in [1.54, 1.807) is 12.1 Å². The summed E-state index contributed by atoms with van der Waals surface area (Å²) in [6, 6.07) is 13.6. The van der Waals surface area contributed by atoms with Gasteiger partial charge in [-0.05, 0) is 49.3 Å². The minimum atomic E-state index is -0.136. The first-order chi connectivity index (χ1) is 12.8. The van der Waals surface area contributed by atoms with Crippen molar-refractivity contribution in [3.05, 3.63) is 59.7 Å². The first-order valence-corrected chi connectivity index (χ1v) is 10.6. The molecule has 1 fully saturated rings. The molecule has 3 aromatic rings. The van der Waals surface area contributed by atoms with Gasteiger partial charge >= 0.3 is 0 Å². The quantitative estimate of drug-likeness (QED) is 0.470. The number of hydrogen-bond donors (Lipinski definition) is 0. The van der Waals surface area contributed by atoms with Crippen LogP contribution < -0.4 is 0 Å². The van der Waals surface area contributed by atoms with E-state index in [-0.39, 0.29) is 5.82 Å². The lowest BCUT2D eigenvalue weighted by Gasteiger charge is -2.14. The fraction of sp³-hybridized carbons (Fsp3) is 0.409. The molecule has 0 atom stereocenters. The minimum absolute atomic E-state index is 0.136. The van der Waals surface area contributed by atoms with Crippen LogP contribution in [0.15, 0.2) is 47.4 Å². The Morgan fingerprint density at radius 3 is 2.73 bits per heavy atom. The van der Waals surface area contributed by atoms with Crippen molar-refractivity contribution in [1.29, 1.82) is 0 Å². The van der Waals surface area contributed by atoms with Crippen molar-refractivity contribution in [2.24, 2.45) is 0 Å². The molecular weight excluding hydrogens is 343 g/mol. The molecule has 26 heavy (non-hydrogen) atoms. The molecule has 0 unspecified atom stereocenters. The van der Waals surface area contributed by atoms with E-state index in [2.05, 4.69) is 29.7 Å². The van der Waals surface area contributed by atoms with Crippen LogP contribution in [0.25, 0.3) is 11.0 Å². The smallest absolute Gasteiger partial charge is 0.128 e. The van der Waals surface area contributed by atoms with Gasteiger partial charge in [-0.2, -0.15) is 0 Å². The van der Waals surface area contributed by atoms with Gasteiger partial charge in [0.15, 0.2) is 0 Å². The molecule has 0 bridgehead atoms. The Bertz CT molecular complexity index is 896. The van der Waals surface area contributed by atoms with Gasteiger partial charge in [0.1, 0.15) is 11.6 Å². The van der Waals surface area contributed by atoms with Gasteiger partial charge in [-0.3, -0.25) is 0 Å². The number of fused-ring (bicyclic) bond motifs is 1. The number of halogens is 1. The summed E-state index contributed by atoms with van der Waals surface area (Å²) >= 11 is 1.88. The Morgan fingerprint density at radius 2 is 1.96 bits per heavy atom. The summed E-state index contributed by atoms with van der Waals surface area (Å²) in [6.45, 7) is 2.75. The standard InChI is InChI=1S/C22H25FN2S/c1-2-13-26-18-11-12-20-21(14-18)25(15-17-9-5-6-10-19(17)23)22(24-20)16-7-3-4-8-16/h5-6,9-12,14,16H,2-4,7-8,13,15H2,1H3. The van der Waals surface area contributed by atoms with Crippen molar-refractivity contribution < 1.29 is 4.39 Å². The van der Waals surface area contributed by atoms with Crippen LogP contribution in [0.2, 0.25) is 0 Å². The van der Waals surface area contributed by atoms with E-state index in [9.17, 15) is 4.39 Å². The molecule has 0 amide bonds. The zero-order chi connectivity index (χ0) is 17.9. The number of hydrogen-bond acceptors (Lipinski definition) is 2. The summed E-state index contributed by atoms with van der Waals surface area (Å²) in [5.41, 5.74) is 2.90. The van der Waals surface area contributed by atoms with E-state index in [4.69, 9.17) is 4.98 Å². The third kappa shape index (κ3) is 3.52. The van der Waals surface area contributed by atoms with E-state index >= 15 is 0 Å². The number of imidazole rings is 1. The van der Waals surface area contributed by atoms with Gasteiger partial charge in [0, 0.05) is 16.4 Å². The lowest BCUT2D eigenvalue weighted by Crippen LogP contribution is -2.09. The summed E-state index contributed by atoms with van der Waals surface area (Å²) in [7, 11) is 0. The zero-order valence-corrected chi connectivity index (χ0v) is 16.1. The summed E-state index contributed by atoms with van der Waals surface area (Å²) in [4.78, 5) is 6.24. The number of nitrogens with zero attached hydrogens (tertiary/aromatic N) is 2. The number of thioether (sulfide) groups is 1. The largest absolute Gasteiger partial charge is 0.323 e. The van der Waals surface area contributed by atoms with Crippen molar-refractivity contribution in [2.75, 3.05) is 5.75 Å². The predicted molar refractivity (Wildman–Crippen MR) is 107 cm³/mol. The first-order valence-electron chi connectivity index (χ1n) is 9.62. The van der Waals surface area contributed by atoms with E-state index in [1.165, 1.54) is 30.6 Å². The molecule has 1 heterocycles. The Balaban J connectivity index is 1.79. The average Bonchev–Trinajstić information content (AvgIpc) is 3.30. The van der Waals surface area contributed by atoms with Crippen molar-refractivity contribution in [3.8, 4) is 0 Å². The molecule has 4 heteroatoms. The number of benzene rings is 2. The molecule has 2 nitrogen and oxygen atoms in total. The van der Waals surface area contributed by atoms with E-state index in [0.717, 1.165) is 34.6 Å². The summed E-state index contributed by atoms with van der Waals surface area (Å²) in [6.07, 6.45) is 6.08. The fourth-order valence-corrected chi connectivity index (χ4v) is 4.69.